The topological polar surface area (TPSA) is 132 Å². The third-order valence-electron chi connectivity index (χ3n) is 3.58. The summed E-state index contributed by atoms with van der Waals surface area (Å²) in [6.45, 7) is 0.345. The minimum absolute atomic E-state index is 0.0755. The van der Waals surface area contributed by atoms with Gasteiger partial charge in [-0.2, -0.15) is 0 Å². The van der Waals surface area contributed by atoms with Crippen LogP contribution >= 0.6 is 0 Å². The highest BCUT2D eigenvalue weighted by Gasteiger charge is 2.16. The maximum atomic E-state index is 12.2. The van der Waals surface area contributed by atoms with Crippen LogP contribution in [0.25, 0.3) is 5.82 Å². The number of hydrogen-bond acceptors (Lipinski definition) is 7. The van der Waals surface area contributed by atoms with Crippen molar-refractivity contribution in [3.05, 3.63) is 71.0 Å². The molecular weight excluding hydrogens is 372 g/mol. The second-order valence-corrected chi connectivity index (χ2v) is 7.21. The number of sulfonamides is 1. The highest BCUT2D eigenvalue weighted by molar-refractivity contribution is 7.89. The Labute approximate surface area is 155 Å². The van der Waals surface area contributed by atoms with Crippen molar-refractivity contribution in [1.29, 1.82) is 0 Å². The molecule has 3 aromatic rings. The smallest absolute Gasteiger partial charge is 0.270 e. The second kappa shape index (κ2) is 7.93. The molecule has 0 saturated carbocycles. The predicted octanol–water partition coefficient (Wildman–Crippen LogP) is 1.57. The normalized spacial score (nSPS) is 11.3. The van der Waals surface area contributed by atoms with Crippen molar-refractivity contribution in [3.8, 4) is 5.82 Å². The number of aromatic nitrogens is 3. The molecule has 10 nitrogen and oxygen atoms in total. The molecule has 11 heteroatoms. The van der Waals surface area contributed by atoms with Crippen LogP contribution in [0.3, 0.4) is 0 Å². The van der Waals surface area contributed by atoms with E-state index in [1.807, 2.05) is 29.1 Å². The van der Waals surface area contributed by atoms with E-state index in [-0.39, 0.29) is 23.7 Å². The van der Waals surface area contributed by atoms with Gasteiger partial charge in [0, 0.05) is 37.6 Å². The molecule has 2 N–H and O–H groups in total. The zero-order valence-electron chi connectivity index (χ0n) is 14.0. The molecule has 0 amide bonds. The quantitative estimate of drug-likeness (QED) is 0.340. The molecule has 0 aliphatic rings. The van der Waals surface area contributed by atoms with Gasteiger partial charge in [0.25, 0.3) is 5.69 Å². The fourth-order valence-electron chi connectivity index (χ4n) is 2.27. The Morgan fingerprint density at radius 3 is 2.48 bits per heavy atom. The number of rotatable bonds is 8. The predicted molar refractivity (Wildman–Crippen MR) is 98.1 cm³/mol. The summed E-state index contributed by atoms with van der Waals surface area (Å²) in [5.41, 5.74) is -0.283. The molecule has 0 bridgehead atoms. The molecule has 0 aliphatic heterocycles. The van der Waals surface area contributed by atoms with E-state index in [0.717, 1.165) is 6.07 Å². The van der Waals surface area contributed by atoms with E-state index in [4.69, 9.17) is 0 Å². The third-order valence-corrected chi connectivity index (χ3v) is 5.04. The molecule has 0 unspecified atom stereocenters. The van der Waals surface area contributed by atoms with Crippen LogP contribution in [0.15, 0.2) is 65.8 Å². The van der Waals surface area contributed by atoms with Gasteiger partial charge in [0.15, 0.2) is 5.82 Å². The molecule has 0 spiro atoms. The van der Waals surface area contributed by atoms with Gasteiger partial charge in [-0.25, -0.2) is 13.1 Å². The van der Waals surface area contributed by atoms with Gasteiger partial charge in [0.2, 0.25) is 10.0 Å². The highest BCUT2D eigenvalue weighted by Crippen LogP contribution is 2.17. The zero-order chi connectivity index (χ0) is 19.3. The van der Waals surface area contributed by atoms with Crippen LogP contribution in [-0.4, -0.2) is 41.2 Å². The minimum Gasteiger partial charge on any atom is -0.367 e. The monoisotopic (exact) mass is 388 g/mol. The maximum Gasteiger partial charge on any atom is 0.270 e. The van der Waals surface area contributed by atoms with Gasteiger partial charge < -0.3 is 9.88 Å². The van der Waals surface area contributed by atoms with Crippen molar-refractivity contribution in [2.24, 2.45) is 0 Å². The van der Waals surface area contributed by atoms with Gasteiger partial charge in [-0.15, -0.1) is 10.2 Å². The van der Waals surface area contributed by atoms with Crippen LogP contribution in [0.5, 0.6) is 0 Å². The molecule has 140 valence electrons. The summed E-state index contributed by atoms with van der Waals surface area (Å²) in [7, 11) is -3.84. The Balaban J connectivity index is 1.53. The fourth-order valence-corrected chi connectivity index (χ4v) is 3.34. The van der Waals surface area contributed by atoms with Gasteiger partial charge in [0.05, 0.1) is 9.82 Å². The molecule has 0 atom stereocenters. The highest BCUT2D eigenvalue weighted by atomic mass is 32.2. The van der Waals surface area contributed by atoms with E-state index in [1.165, 1.54) is 18.2 Å². The summed E-state index contributed by atoms with van der Waals surface area (Å²) >= 11 is 0. The lowest BCUT2D eigenvalue weighted by atomic mass is 10.3. The van der Waals surface area contributed by atoms with Crippen molar-refractivity contribution in [2.45, 2.75) is 4.90 Å². The molecular formula is C16H16N6O4S. The number of anilines is 1. The minimum atomic E-state index is -3.84. The van der Waals surface area contributed by atoms with E-state index in [9.17, 15) is 18.5 Å². The molecule has 1 aromatic carbocycles. The molecule has 27 heavy (non-hydrogen) atoms. The van der Waals surface area contributed by atoms with Crippen molar-refractivity contribution in [3.63, 3.8) is 0 Å². The summed E-state index contributed by atoms with van der Waals surface area (Å²) in [5.74, 6) is 1.16. The van der Waals surface area contributed by atoms with Crippen LogP contribution in [0.2, 0.25) is 0 Å². The van der Waals surface area contributed by atoms with Crippen LogP contribution in [0.4, 0.5) is 11.5 Å². The Morgan fingerprint density at radius 1 is 1.04 bits per heavy atom. The van der Waals surface area contributed by atoms with E-state index < -0.39 is 14.9 Å². The summed E-state index contributed by atoms with van der Waals surface area (Å²) in [6.07, 6.45) is 3.69. The first-order chi connectivity index (χ1) is 13.0. The summed E-state index contributed by atoms with van der Waals surface area (Å²) in [6, 6.07) is 12.1. The number of non-ortho nitro benzene ring substituents is 1. The van der Waals surface area contributed by atoms with Crippen LogP contribution in [0.1, 0.15) is 0 Å². The average molecular weight is 388 g/mol. The second-order valence-electron chi connectivity index (χ2n) is 5.45. The molecule has 3 rings (SSSR count). The summed E-state index contributed by atoms with van der Waals surface area (Å²) in [5, 5.41) is 21.8. The van der Waals surface area contributed by atoms with Gasteiger partial charge in [-0.05, 0) is 30.3 Å². The summed E-state index contributed by atoms with van der Waals surface area (Å²) in [4.78, 5) is 9.96. The van der Waals surface area contributed by atoms with Crippen molar-refractivity contribution in [1.82, 2.24) is 19.5 Å². The Kier molecular flexibility index (Phi) is 5.43. The van der Waals surface area contributed by atoms with Crippen LogP contribution in [0, 0.1) is 10.1 Å². The zero-order valence-corrected chi connectivity index (χ0v) is 14.8. The van der Waals surface area contributed by atoms with Gasteiger partial charge in [-0.3, -0.25) is 10.1 Å². The van der Waals surface area contributed by atoms with Crippen molar-refractivity contribution < 1.29 is 13.3 Å². The van der Waals surface area contributed by atoms with Crippen molar-refractivity contribution in [2.75, 3.05) is 18.4 Å². The van der Waals surface area contributed by atoms with E-state index in [1.54, 1.807) is 12.1 Å². The number of nitro groups is 1. The van der Waals surface area contributed by atoms with Gasteiger partial charge >= 0.3 is 0 Å². The number of nitrogens with one attached hydrogen (secondary N) is 2. The number of benzene rings is 1. The van der Waals surface area contributed by atoms with E-state index in [2.05, 4.69) is 20.2 Å². The number of nitro benzene ring substituents is 1. The average Bonchev–Trinajstić information content (AvgIpc) is 3.20. The number of nitrogens with zero attached hydrogens (tertiary/aromatic N) is 4. The lowest BCUT2D eigenvalue weighted by molar-refractivity contribution is -0.385. The van der Waals surface area contributed by atoms with Crippen LogP contribution < -0.4 is 10.0 Å². The molecule has 2 heterocycles. The lowest BCUT2D eigenvalue weighted by Crippen LogP contribution is -2.29. The molecule has 0 fully saturated rings. The summed E-state index contributed by atoms with van der Waals surface area (Å²) < 4.78 is 28.6. The first kappa shape index (κ1) is 18.5. The molecule has 0 saturated heterocycles. The van der Waals surface area contributed by atoms with E-state index >= 15 is 0 Å². The van der Waals surface area contributed by atoms with Gasteiger partial charge in [0.1, 0.15) is 5.82 Å². The fraction of sp³-hybridized carbons (Fsp3) is 0.125. The SMILES string of the molecule is O=[N+]([O-])c1cccc(S(=O)(=O)NCCNc2ccc(-n3cccc3)nn2)c1. The molecule has 0 aliphatic carbocycles. The Bertz CT molecular complexity index is 1020. The largest absolute Gasteiger partial charge is 0.367 e. The Morgan fingerprint density at radius 2 is 1.81 bits per heavy atom. The molecule has 0 radical (unpaired) electrons. The first-order valence-corrected chi connectivity index (χ1v) is 9.39. The maximum absolute atomic E-state index is 12.2. The molecule has 2 aromatic heterocycles. The number of hydrogen-bond donors (Lipinski definition) is 2. The standard InChI is InChI=1S/C16H16N6O4S/c23-22(24)13-4-3-5-14(12-13)27(25,26)18-9-8-17-15-6-7-16(20-19-15)21-10-1-2-11-21/h1-7,10-12,18H,8-9H2,(H,17,19). The Hall–Kier alpha value is -3.31. The van der Waals surface area contributed by atoms with Crippen LogP contribution in [-0.2, 0) is 10.0 Å². The van der Waals surface area contributed by atoms with Gasteiger partial charge in [-0.1, -0.05) is 6.07 Å². The van der Waals surface area contributed by atoms with E-state index in [0.29, 0.717) is 11.6 Å². The first-order valence-electron chi connectivity index (χ1n) is 7.91. The van der Waals surface area contributed by atoms with Crippen molar-refractivity contribution >= 4 is 21.5 Å². The third kappa shape index (κ3) is 4.65. The lowest BCUT2D eigenvalue weighted by Gasteiger charge is -2.08.